The van der Waals surface area contributed by atoms with Crippen LogP contribution in [-0.2, 0) is 11.3 Å². The van der Waals surface area contributed by atoms with Gasteiger partial charge in [0.2, 0.25) is 5.75 Å². The highest BCUT2D eigenvalue weighted by Crippen LogP contribution is 2.35. The maximum absolute atomic E-state index is 12.4. The number of carbonyl (C=O) groups is 1. The van der Waals surface area contributed by atoms with Crippen LogP contribution in [-0.4, -0.2) is 45.3 Å². The maximum Gasteiger partial charge on any atom is 0.412 e. The number of ether oxygens (including phenoxy) is 3. The number of nitrogens with zero attached hydrogens (tertiary/aromatic N) is 1. The molecule has 0 bridgehead atoms. The third kappa shape index (κ3) is 5.99. The van der Waals surface area contributed by atoms with Gasteiger partial charge in [-0.25, -0.2) is 9.59 Å². The van der Waals surface area contributed by atoms with E-state index in [1.807, 2.05) is 44.4 Å². The highest BCUT2D eigenvalue weighted by molar-refractivity contribution is 5.91. The summed E-state index contributed by atoms with van der Waals surface area (Å²) >= 11 is 0. The molecule has 0 radical (unpaired) electrons. The highest BCUT2D eigenvalue weighted by atomic mass is 16.5. The summed E-state index contributed by atoms with van der Waals surface area (Å²) in [7, 11) is 5.47. The fraction of sp³-hybridized carbons (Fsp3) is 0.304. The Labute approximate surface area is 180 Å². The molecule has 0 spiro atoms. The van der Waals surface area contributed by atoms with Crippen molar-refractivity contribution < 1.29 is 23.4 Å². The number of fused-ring (bicyclic) bond motifs is 1. The van der Waals surface area contributed by atoms with E-state index in [4.69, 9.17) is 18.6 Å². The summed E-state index contributed by atoms with van der Waals surface area (Å²) < 4.78 is 21.8. The van der Waals surface area contributed by atoms with Crippen molar-refractivity contribution in [3.63, 3.8) is 0 Å². The molecule has 1 amide bonds. The van der Waals surface area contributed by atoms with Crippen molar-refractivity contribution in [3.8, 4) is 11.5 Å². The Hall–Kier alpha value is -3.52. The molecule has 8 nitrogen and oxygen atoms in total. The zero-order valence-corrected chi connectivity index (χ0v) is 17.8. The predicted octanol–water partition coefficient (Wildman–Crippen LogP) is 3.88. The van der Waals surface area contributed by atoms with E-state index in [9.17, 15) is 9.59 Å². The molecule has 1 N–H and O–H groups in total. The van der Waals surface area contributed by atoms with Crippen LogP contribution < -0.4 is 20.4 Å². The first-order valence-corrected chi connectivity index (χ1v) is 9.88. The molecule has 0 saturated carbocycles. The lowest BCUT2D eigenvalue weighted by Crippen LogP contribution is -2.18. The quantitative estimate of drug-likeness (QED) is 0.410. The predicted molar refractivity (Wildman–Crippen MR) is 118 cm³/mol. The van der Waals surface area contributed by atoms with Crippen LogP contribution in [0.3, 0.4) is 0 Å². The molecule has 0 saturated heterocycles. The second-order valence-electron chi connectivity index (χ2n) is 7.15. The number of hydrogen-bond acceptors (Lipinski definition) is 7. The number of hydrogen-bond donors (Lipinski definition) is 1. The number of carbonyl (C=O) groups excluding carboxylic acids is 1. The average Bonchev–Trinajstić information content (AvgIpc) is 2.76. The van der Waals surface area contributed by atoms with Crippen LogP contribution in [0.1, 0.15) is 12.0 Å². The topological polar surface area (TPSA) is 90.2 Å². The molecule has 1 heterocycles. The second kappa shape index (κ2) is 10.5. The zero-order valence-electron chi connectivity index (χ0n) is 17.8. The Morgan fingerprint density at radius 2 is 1.90 bits per heavy atom. The highest BCUT2D eigenvalue weighted by Gasteiger charge is 2.16. The minimum atomic E-state index is -0.747. The van der Waals surface area contributed by atoms with Gasteiger partial charge in [0.25, 0.3) is 0 Å². The fourth-order valence-corrected chi connectivity index (χ4v) is 2.97. The van der Waals surface area contributed by atoms with Gasteiger partial charge in [0.05, 0.1) is 13.7 Å². The molecule has 0 aliphatic heterocycles. The molecular weight excluding hydrogens is 400 g/mol. The van der Waals surface area contributed by atoms with Crippen molar-refractivity contribution >= 4 is 22.7 Å². The summed E-state index contributed by atoms with van der Waals surface area (Å²) in [4.78, 5) is 26.6. The van der Waals surface area contributed by atoms with Crippen molar-refractivity contribution in [1.29, 1.82) is 0 Å². The second-order valence-corrected chi connectivity index (χ2v) is 7.15. The summed E-state index contributed by atoms with van der Waals surface area (Å²) in [6.45, 7) is 1.48. The number of nitrogens with one attached hydrogen (secondary N) is 1. The van der Waals surface area contributed by atoms with E-state index in [1.165, 1.54) is 13.2 Å². The van der Waals surface area contributed by atoms with Gasteiger partial charge in [-0.2, -0.15) is 0 Å². The molecular formula is C23H26N2O6. The average molecular weight is 426 g/mol. The molecule has 164 valence electrons. The van der Waals surface area contributed by atoms with Crippen LogP contribution in [0.2, 0.25) is 0 Å². The normalized spacial score (nSPS) is 10.8. The first kappa shape index (κ1) is 22.2. The van der Waals surface area contributed by atoms with Gasteiger partial charge in [0.1, 0.15) is 12.3 Å². The third-order valence-corrected chi connectivity index (χ3v) is 4.48. The van der Waals surface area contributed by atoms with Crippen LogP contribution in [0.25, 0.3) is 11.0 Å². The van der Waals surface area contributed by atoms with Crippen LogP contribution in [0.15, 0.2) is 57.7 Å². The van der Waals surface area contributed by atoms with E-state index in [0.29, 0.717) is 23.5 Å². The Bertz CT molecular complexity index is 1080. The molecule has 0 aliphatic carbocycles. The fourth-order valence-electron chi connectivity index (χ4n) is 2.97. The minimum absolute atomic E-state index is 0.0210. The van der Waals surface area contributed by atoms with E-state index in [2.05, 4.69) is 10.2 Å². The summed E-state index contributed by atoms with van der Waals surface area (Å²) in [6, 6.07) is 14.2. The van der Waals surface area contributed by atoms with E-state index in [0.717, 1.165) is 18.5 Å². The Kier molecular flexibility index (Phi) is 7.50. The van der Waals surface area contributed by atoms with E-state index in [-0.39, 0.29) is 17.9 Å². The Balaban J connectivity index is 1.72. The van der Waals surface area contributed by atoms with Gasteiger partial charge < -0.3 is 23.5 Å². The molecule has 2 aromatic carbocycles. The van der Waals surface area contributed by atoms with Crippen LogP contribution in [0, 0.1) is 0 Å². The van der Waals surface area contributed by atoms with Crippen LogP contribution >= 0.6 is 0 Å². The van der Waals surface area contributed by atoms with Crippen LogP contribution in [0.4, 0.5) is 10.5 Å². The minimum Gasteiger partial charge on any atom is -0.490 e. The lowest BCUT2D eigenvalue weighted by Gasteiger charge is -2.14. The molecule has 8 heteroatoms. The molecule has 3 aromatic rings. The number of rotatable bonds is 9. The molecule has 3 rings (SSSR count). The smallest absolute Gasteiger partial charge is 0.412 e. The van der Waals surface area contributed by atoms with Gasteiger partial charge in [0.15, 0.2) is 11.3 Å². The van der Waals surface area contributed by atoms with Gasteiger partial charge >= 0.3 is 11.7 Å². The first-order valence-electron chi connectivity index (χ1n) is 9.88. The third-order valence-electron chi connectivity index (χ3n) is 4.48. The molecule has 31 heavy (non-hydrogen) atoms. The number of anilines is 1. The van der Waals surface area contributed by atoms with Gasteiger partial charge in [-0.05, 0) is 44.3 Å². The summed E-state index contributed by atoms with van der Waals surface area (Å²) in [5.74, 6) is 0.817. The van der Waals surface area contributed by atoms with Crippen LogP contribution in [0.5, 0.6) is 11.5 Å². The van der Waals surface area contributed by atoms with E-state index < -0.39 is 11.7 Å². The number of benzene rings is 2. The maximum atomic E-state index is 12.4. The molecule has 0 unspecified atom stereocenters. The van der Waals surface area contributed by atoms with Crippen molar-refractivity contribution in [2.75, 3.05) is 39.7 Å². The number of amides is 1. The van der Waals surface area contributed by atoms with Crippen molar-refractivity contribution in [3.05, 3.63) is 64.5 Å². The van der Waals surface area contributed by atoms with Crippen molar-refractivity contribution in [2.45, 2.75) is 13.0 Å². The summed E-state index contributed by atoms with van der Waals surface area (Å²) in [5.41, 5.74) is 0.353. The lowest BCUT2D eigenvalue weighted by molar-refractivity contribution is 0.155. The molecule has 0 atom stereocenters. The SMILES string of the molecule is COc1c(OCCCN(C)C)ccc2cc(NC(=O)OCc3ccccc3)c(=O)oc12. The standard InChI is InChI=1S/C23H26N2O6/c1-25(2)12-7-13-29-19-11-10-17-14-18(22(26)31-20(17)21(19)28-3)24-23(27)30-15-16-8-5-4-6-9-16/h4-6,8-11,14H,7,12-13,15H2,1-3H3,(H,24,27). The van der Waals surface area contributed by atoms with Gasteiger partial charge in [0, 0.05) is 11.9 Å². The summed E-state index contributed by atoms with van der Waals surface area (Å²) in [5, 5.41) is 3.01. The van der Waals surface area contributed by atoms with E-state index in [1.54, 1.807) is 12.1 Å². The lowest BCUT2D eigenvalue weighted by atomic mass is 10.2. The number of methoxy groups -OCH3 is 1. The van der Waals surface area contributed by atoms with Crippen molar-refractivity contribution in [1.82, 2.24) is 4.90 Å². The molecule has 0 fully saturated rings. The van der Waals surface area contributed by atoms with E-state index >= 15 is 0 Å². The van der Waals surface area contributed by atoms with Gasteiger partial charge in [-0.15, -0.1) is 0 Å². The Morgan fingerprint density at radius 1 is 1.13 bits per heavy atom. The molecule has 1 aromatic heterocycles. The van der Waals surface area contributed by atoms with Gasteiger partial charge in [-0.1, -0.05) is 30.3 Å². The molecule has 0 aliphatic rings. The summed E-state index contributed by atoms with van der Waals surface area (Å²) in [6.07, 6.45) is 0.0924. The monoisotopic (exact) mass is 426 g/mol. The largest absolute Gasteiger partial charge is 0.490 e. The van der Waals surface area contributed by atoms with Crippen molar-refractivity contribution in [2.24, 2.45) is 0 Å². The van der Waals surface area contributed by atoms with Gasteiger partial charge in [-0.3, -0.25) is 5.32 Å². The Morgan fingerprint density at radius 3 is 2.61 bits per heavy atom. The zero-order chi connectivity index (χ0) is 22.2. The first-order chi connectivity index (χ1) is 15.0.